The summed E-state index contributed by atoms with van der Waals surface area (Å²) in [7, 11) is 0. The Kier molecular flexibility index (Phi) is 5.64. The summed E-state index contributed by atoms with van der Waals surface area (Å²) in [6.07, 6.45) is 3.42. The van der Waals surface area contributed by atoms with Crippen LogP contribution in [0.5, 0.6) is 17.2 Å². The summed E-state index contributed by atoms with van der Waals surface area (Å²) in [5.74, 6) is 0.266. The number of H-pyrrole nitrogens is 1. The van der Waals surface area contributed by atoms with E-state index in [0.717, 1.165) is 22.3 Å². The fourth-order valence-electron chi connectivity index (χ4n) is 4.81. The molecule has 4 aromatic rings. The van der Waals surface area contributed by atoms with E-state index in [2.05, 4.69) is 15.2 Å². The number of carbonyl (C=O) groups excluding carboxylic acids is 1. The van der Waals surface area contributed by atoms with E-state index in [-0.39, 0.29) is 17.4 Å². The number of aromatic nitrogens is 3. The molecule has 1 amide bonds. The molecule has 0 radical (unpaired) electrons. The number of aromatic amines is 1. The van der Waals surface area contributed by atoms with Gasteiger partial charge in [0.25, 0.3) is 5.91 Å². The molecule has 0 spiro atoms. The molecule has 178 valence electrons. The van der Waals surface area contributed by atoms with E-state index in [1.54, 1.807) is 41.6 Å². The van der Waals surface area contributed by atoms with E-state index >= 15 is 0 Å². The lowest BCUT2D eigenvalue weighted by molar-refractivity contribution is 0.0729. The topological polar surface area (TPSA) is 112 Å². The first-order valence-electron chi connectivity index (χ1n) is 11.4. The van der Waals surface area contributed by atoms with Crippen molar-refractivity contribution < 1.29 is 19.7 Å². The number of hydrogen-bond donors (Lipinski definition) is 3. The first-order chi connectivity index (χ1) is 16.9. The summed E-state index contributed by atoms with van der Waals surface area (Å²) in [6.45, 7) is 6.38. The average Bonchev–Trinajstić information content (AvgIpc) is 3.35. The van der Waals surface area contributed by atoms with Crippen LogP contribution in [-0.2, 0) is 6.54 Å². The molecule has 8 heteroatoms. The van der Waals surface area contributed by atoms with Crippen molar-refractivity contribution in [1.29, 1.82) is 0 Å². The van der Waals surface area contributed by atoms with Crippen molar-refractivity contribution in [2.24, 2.45) is 0 Å². The minimum Gasteiger partial charge on any atom is -0.507 e. The number of nitrogens with zero attached hydrogens (tertiary/aromatic N) is 3. The molecule has 1 aliphatic heterocycles. The molecule has 1 atom stereocenters. The molecule has 5 rings (SSSR count). The maximum absolute atomic E-state index is 13.6. The molecule has 3 N–H and O–H groups in total. The van der Waals surface area contributed by atoms with Gasteiger partial charge in [0.2, 0.25) is 0 Å². The van der Waals surface area contributed by atoms with Crippen molar-refractivity contribution in [1.82, 2.24) is 20.1 Å². The number of benzene rings is 2. The summed E-state index contributed by atoms with van der Waals surface area (Å²) < 4.78 is 5.63. The third kappa shape index (κ3) is 3.86. The summed E-state index contributed by atoms with van der Waals surface area (Å²) in [6, 6.07) is 12.0. The van der Waals surface area contributed by atoms with E-state index in [4.69, 9.17) is 4.74 Å². The highest BCUT2D eigenvalue weighted by molar-refractivity contribution is 6.00. The van der Waals surface area contributed by atoms with Crippen molar-refractivity contribution in [2.75, 3.05) is 6.61 Å². The van der Waals surface area contributed by atoms with Gasteiger partial charge in [0, 0.05) is 30.1 Å². The SMILES string of the molecule is CCOc1cc(C2c3c(-c4c(C)cc(C)cc4O)n[nH]c3C(=O)N2Cc2cccnc2)ccc1O. The number of rotatable bonds is 6. The van der Waals surface area contributed by atoms with Gasteiger partial charge in [-0.2, -0.15) is 5.10 Å². The van der Waals surface area contributed by atoms with Crippen LogP contribution in [-0.4, -0.2) is 42.8 Å². The summed E-state index contributed by atoms with van der Waals surface area (Å²) in [5, 5.41) is 28.5. The number of aromatic hydroxyl groups is 2. The Morgan fingerprint density at radius 2 is 1.94 bits per heavy atom. The maximum Gasteiger partial charge on any atom is 0.273 e. The molecule has 1 unspecified atom stereocenters. The zero-order valence-corrected chi connectivity index (χ0v) is 19.7. The van der Waals surface area contributed by atoms with Gasteiger partial charge in [0.05, 0.1) is 12.6 Å². The van der Waals surface area contributed by atoms with Gasteiger partial charge < -0.3 is 19.8 Å². The van der Waals surface area contributed by atoms with Crippen LogP contribution in [0.2, 0.25) is 0 Å². The van der Waals surface area contributed by atoms with Gasteiger partial charge in [0.15, 0.2) is 11.5 Å². The predicted molar refractivity (Wildman–Crippen MR) is 130 cm³/mol. The van der Waals surface area contributed by atoms with Crippen molar-refractivity contribution in [3.05, 3.63) is 88.4 Å². The number of amides is 1. The second-order valence-corrected chi connectivity index (χ2v) is 8.69. The number of hydrogen-bond acceptors (Lipinski definition) is 6. The molecular weight excluding hydrogens is 444 g/mol. The lowest BCUT2D eigenvalue weighted by Gasteiger charge is -2.27. The van der Waals surface area contributed by atoms with E-state index < -0.39 is 6.04 Å². The van der Waals surface area contributed by atoms with Crippen molar-refractivity contribution in [2.45, 2.75) is 33.4 Å². The van der Waals surface area contributed by atoms with Crippen molar-refractivity contribution in [3.8, 4) is 28.5 Å². The van der Waals surface area contributed by atoms with Crippen LogP contribution < -0.4 is 4.74 Å². The Morgan fingerprint density at radius 3 is 2.66 bits per heavy atom. The number of carbonyl (C=O) groups is 1. The normalized spacial score (nSPS) is 14.9. The lowest BCUT2D eigenvalue weighted by Crippen LogP contribution is -2.29. The number of fused-ring (bicyclic) bond motifs is 1. The molecule has 1 aliphatic rings. The molecule has 35 heavy (non-hydrogen) atoms. The minimum atomic E-state index is -0.522. The quantitative estimate of drug-likeness (QED) is 0.378. The molecule has 2 aromatic heterocycles. The monoisotopic (exact) mass is 470 g/mol. The third-order valence-electron chi connectivity index (χ3n) is 6.23. The molecule has 0 aliphatic carbocycles. The largest absolute Gasteiger partial charge is 0.507 e. The van der Waals surface area contributed by atoms with Crippen LogP contribution in [0.4, 0.5) is 0 Å². The van der Waals surface area contributed by atoms with Crippen LogP contribution in [0, 0.1) is 13.8 Å². The number of aryl methyl sites for hydroxylation is 2. The summed E-state index contributed by atoms with van der Waals surface area (Å²) >= 11 is 0. The van der Waals surface area contributed by atoms with Gasteiger partial charge in [-0.15, -0.1) is 0 Å². The highest BCUT2D eigenvalue weighted by atomic mass is 16.5. The van der Waals surface area contributed by atoms with Gasteiger partial charge in [0.1, 0.15) is 17.1 Å². The Balaban J connectivity index is 1.70. The fraction of sp³-hybridized carbons (Fsp3) is 0.222. The average molecular weight is 471 g/mol. The second-order valence-electron chi connectivity index (χ2n) is 8.69. The molecule has 0 bridgehead atoms. The third-order valence-corrected chi connectivity index (χ3v) is 6.23. The number of ether oxygens (including phenoxy) is 1. The predicted octanol–water partition coefficient (Wildman–Crippen LogP) is 4.64. The lowest BCUT2D eigenvalue weighted by atomic mass is 9.93. The fourth-order valence-corrected chi connectivity index (χ4v) is 4.81. The number of nitrogens with one attached hydrogen (secondary N) is 1. The van der Waals surface area contributed by atoms with Gasteiger partial charge in [-0.1, -0.05) is 18.2 Å². The van der Waals surface area contributed by atoms with Gasteiger partial charge in [-0.3, -0.25) is 14.9 Å². The van der Waals surface area contributed by atoms with E-state index in [1.165, 1.54) is 0 Å². The van der Waals surface area contributed by atoms with Crippen LogP contribution in [0.1, 0.15) is 51.3 Å². The molecule has 2 aromatic carbocycles. The van der Waals surface area contributed by atoms with E-state index in [1.807, 2.05) is 39.0 Å². The van der Waals surface area contributed by atoms with Crippen molar-refractivity contribution in [3.63, 3.8) is 0 Å². The summed E-state index contributed by atoms with van der Waals surface area (Å²) in [4.78, 5) is 19.6. The van der Waals surface area contributed by atoms with E-state index in [9.17, 15) is 15.0 Å². The van der Waals surface area contributed by atoms with Crippen LogP contribution in [0.15, 0.2) is 54.9 Å². The molecule has 0 fully saturated rings. The van der Waals surface area contributed by atoms with Crippen LogP contribution >= 0.6 is 0 Å². The second kappa shape index (κ2) is 8.79. The molecule has 0 saturated carbocycles. The number of pyridine rings is 1. The Morgan fingerprint density at radius 1 is 1.11 bits per heavy atom. The number of phenolic OH excluding ortho intramolecular Hbond substituents is 2. The van der Waals surface area contributed by atoms with Crippen molar-refractivity contribution >= 4 is 5.91 Å². The van der Waals surface area contributed by atoms with Gasteiger partial charge >= 0.3 is 0 Å². The zero-order chi connectivity index (χ0) is 24.7. The Bertz CT molecular complexity index is 1390. The molecule has 3 heterocycles. The van der Waals surface area contributed by atoms with Crippen LogP contribution in [0.25, 0.3) is 11.3 Å². The molecule has 0 saturated heterocycles. The maximum atomic E-state index is 13.6. The molecule has 8 nitrogen and oxygen atoms in total. The minimum absolute atomic E-state index is 0.0263. The first-order valence-corrected chi connectivity index (χ1v) is 11.4. The van der Waals surface area contributed by atoms with Crippen LogP contribution in [0.3, 0.4) is 0 Å². The van der Waals surface area contributed by atoms with E-state index in [0.29, 0.717) is 41.4 Å². The first kappa shape index (κ1) is 22.5. The highest BCUT2D eigenvalue weighted by Gasteiger charge is 2.43. The molecular formula is C27H26N4O4. The smallest absolute Gasteiger partial charge is 0.273 e. The Hall–Kier alpha value is -4.33. The summed E-state index contributed by atoms with van der Waals surface area (Å²) in [5.41, 5.74) is 5.58. The standard InChI is InChI=1S/C27H26N4O4/c1-4-35-21-12-18(7-8-19(21)32)26-23-24(22-16(3)10-15(2)11-20(22)33)29-30-25(23)27(34)31(26)14-17-6-5-9-28-13-17/h5-13,26,32-33H,4,14H2,1-3H3,(H,29,30). The number of phenols is 2. The zero-order valence-electron chi connectivity index (χ0n) is 19.7. The van der Waals surface area contributed by atoms with Gasteiger partial charge in [-0.05, 0) is 67.3 Å². The highest BCUT2D eigenvalue weighted by Crippen LogP contribution is 2.47. The Labute approximate surface area is 202 Å². The van der Waals surface area contributed by atoms with Gasteiger partial charge in [-0.25, -0.2) is 0 Å².